The summed E-state index contributed by atoms with van der Waals surface area (Å²) in [7, 11) is 0. The molecule has 1 atom stereocenters. The molecule has 0 saturated carbocycles. The van der Waals surface area contributed by atoms with Crippen LogP contribution in [-0.2, 0) is 14.3 Å². The Kier molecular flexibility index (Phi) is 16.1. The van der Waals surface area contributed by atoms with Gasteiger partial charge in [0, 0.05) is 11.6 Å². The first kappa shape index (κ1) is 30.3. The van der Waals surface area contributed by atoms with E-state index < -0.39 is 5.97 Å². The van der Waals surface area contributed by atoms with Crippen LogP contribution in [0.2, 0.25) is 0 Å². The van der Waals surface area contributed by atoms with Crippen molar-refractivity contribution in [2.75, 3.05) is 26.4 Å². The zero-order valence-electron chi connectivity index (χ0n) is 22.0. The second kappa shape index (κ2) is 18.6. The highest BCUT2D eigenvalue weighted by atomic mass is 16.6. The van der Waals surface area contributed by atoms with Crippen LogP contribution in [0.15, 0.2) is 18.2 Å². The molecule has 0 amide bonds. The van der Waals surface area contributed by atoms with Crippen LogP contribution in [-0.4, -0.2) is 43.5 Å². The van der Waals surface area contributed by atoms with Gasteiger partial charge in [-0.2, -0.15) is 0 Å². The van der Waals surface area contributed by atoms with Crippen molar-refractivity contribution in [1.29, 1.82) is 0 Å². The average molecular weight is 493 g/mol. The van der Waals surface area contributed by atoms with Crippen LogP contribution in [0.5, 0.6) is 17.2 Å². The van der Waals surface area contributed by atoms with E-state index in [4.69, 9.17) is 24.1 Å². The molecule has 1 N–H and O–H groups in total. The molecule has 0 fully saturated rings. The summed E-state index contributed by atoms with van der Waals surface area (Å²) in [5.74, 6) is -0.0133. The van der Waals surface area contributed by atoms with Gasteiger partial charge >= 0.3 is 11.9 Å². The van der Waals surface area contributed by atoms with Gasteiger partial charge < -0.3 is 24.1 Å². The quantitative estimate of drug-likeness (QED) is 0.123. The summed E-state index contributed by atoms with van der Waals surface area (Å²) in [5.41, 5.74) is 0.613. The highest BCUT2D eigenvalue weighted by Gasteiger charge is 2.18. The lowest BCUT2D eigenvalue weighted by Crippen LogP contribution is -2.18. The van der Waals surface area contributed by atoms with Crippen molar-refractivity contribution < 1.29 is 33.6 Å². The minimum atomic E-state index is -1.04. The van der Waals surface area contributed by atoms with Gasteiger partial charge in [0.05, 0.1) is 19.1 Å². The standard InChI is InChI=1S/C28H44O7/c1-5-8-10-12-18-33-26-23(15-17-25(29)30)14-16-24(27(26)34-19-13-11-9-6-2)32-20-21-35-28(31)22(4)7-3/h14-17,22H,5-13,18-21H2,1-4H3,(H,29,30). The zero-order valence-corrected chi connectivity index (χ0v) is 22.0. The van der Waals surface area contributed by atoms with E-state index in [1.807, 2.05) is 13.8 Å². The summed E-state index contributed by atoms with van der Waals surface area (Å²) in [6.45, 7) is 9.39. The zero-order chi connectivity index (χ0) is 25.9. The minimum absolute atomic E-state index is 0.132. The molecular formula is C28H44O7. The predicted molar refractivity (Wildman–Crippen MR) is 138 cm³/mol. The van der Waals surface area contributed by atoms with Crippen molar-refractivity contribution in [3.05, 3.63) is 23.8 Å². The summed E-state index contributed by atoms with van der Waals surface area (Å²) < 4.78 is 23.5. The van der Waals surface area contributed by atoms with Crippen molar-refractivity contribution in [2.24, 2.45) is 5.92 Å². The van der Waals surface area contributed by atoms with E-state index in [1.54, 1.807) is 12.1 Å². The Hall–Kier alpha value is -2.70. The van der Waals surface area contributed by atoms with Crippen LogP contribution in [0.1, 0.15) is 91.0 Å². The first-order valence-electron chi connectivity index (χ1n) is 13.1. The molecule has 1 rings (SSSR count). The number of carbonyl (C=O) groups excluding carboxylic acids is 1. The minimum Gasteiger partial charge on any atom is -0.489 e. The van der Waals surface area contributed by atoms with E-state index in [2.05, 4.69) is 13.8 Å². The molecule has 0 aromatic heterocycles. The van der Waals surface area contributed by atoms with Gasteiger partial charge in [-0.1, -0.05) is 66.2 Å². The van der Waals surface area contributed by atoms with Gasteiger partial charge in [0.1, 0.15) is 13.2 Å². The van der Waals surface area contributed by atoms with Gasteiger partial charge in [-0.05, 0) is 37.5 Å². The maximum absolute atomic E-state index is 11.9. The third-order valence-corrected chi connectivity index (χ3v) is 5.60. The van der Waals surface area contributed by atoms with Gasteiger partial charge in [-0.15, -0.1) is 0 Å². The molecule has 1 unspecified atom stereocenters. The monoisotopic (exact) mass is 492 g/mol. The number of carbonyl (C=O) groups is 2. The van der Waals surface area contributed by atoms with Gasteiger partial charge in [0.25, 0.3) is 0 Å². The number of unbranched alkanes of at least 4 members (excludes halogenated alkanes) is 6. The molecule has 0 aliphatic heterocycles. The average Bonchev–Trinajstić information content (AvgIpc) is 2.85. The maximum Gasteiger partial charge on any atom is 0.328 e. The Labute approximate surface area is 210 Å². The van der Waals surface area contributed by atoms with E-state index in [0.29, 0.717) is 36.0 Å². The molecule has 0 saturated heterocycles. The summed E-state index contributed by atoms with van der Waals surface area (Å²) in [4.78, 5) is 23.0. The normalized spacial score (nSPS) is 11.9. The van der Waals surface area contributed by atoms with E-state index in [1.165, 1.54) is 6.08 Å². The van der Waals surface area contributed by atoms with Crippen molar-refractivity contribution in [2.45, 2.75) is 85.5 Å². The second-order valence-corrected chi connectivity index (χ2v) is 8.63. The van der Waals surface area contributed by atoms with Crippen molar-refractivity contribution in [3.63, 3.8) is 0 Å². The lowest BCUT2D eigenvalue weighted by atomic mass is 10.1. The topological polar surface area (TPSA) is 91.3 Å². The molecule has 0 heterocycles. The Bertz CT molecular complexity index is 773. The number of aliphatic carboxylic acids is 1. The van der Waals surface area contributed by atoms with E-state index in [0.717, 1.165) is 63.9 Å². The number of ether oxygens (including phenoxy) is 4. The largest absolute Gasteiger partial charge is 0.489 e. The molecule has 0 radical (unpaired) electrons. The Morgan fingerprint density at radius 2 is 1.46 bits per heavy atom. The van der Waals surface area contributed by atoms with Gasteiger partial charge in [-0.25, -0.2) is 4.79 Å². The molecule has 0 bridgehead atoms. The molecular weight excluding hydrogens is 448 g/mol. The summed E-state index contributed by atoms with van der Waals surface area (Å²) >= 11 is 0. The number of hydrogen-bond acceptors (Lipinski definition) is 6. The molecule has 35 heavy (non-hydrogen) atoms. The maximum atomic E-state index is 11.9. The van der Waals surface area contributed by atoms with E-state index in [9.17, 15) is 9.59 Å². The van der Waals surface area contributed by atoms with Crippen molar-refractivity contribution in [1.82, 2.24) is 0 Å². The second-order valence-electron chi connectivity index (χ2n) is 8.63. The molecule has 1 aromatic rings. The number of carboxylic acids is 1. The Morgan fingerprint density at radius 3 is 2.03 bits per heavy atom. The van der Waals surface area contributed by atoms with Crippen LogP contribution in [0.25, 0.3) is 6.08 Å². The molecule has 0 aliphatic rings. The number of hydrogen-bond donors (Lipinski definition) is 1. The number of rotatable bonds is 20. The van der Waals surface area contributed by atoms with Gasteiger partial charge in [-0.3, -0.25) is 4.79 Å². The van der Waals surface area contributed by atoms with Gasteiger partial charge in [0.15, 0.2) is 11.5 Å². The van der Waals surface area contributed by atoms with Crippen LogP contribution in [0, 0.1) is 5.92 Å². The molecule has 198 valence electrons. The third kappa shape index (κ3) is 12.5. The summed E-state index contributed by atoms with van der Waals surface area (Å²) in [6.07, 6.45) is 11.7. The third-order valence-electron chi connectivity index (χ3n) is 5.60. The number of esters is 1. The summed E-state index contributed by atoms with van der Waals surface area (Å²) in [6, 6.07) is 3.49. The SMILES string of the molecule is CCCCCCOc1c(C=CC(=O)O)ccc(OCCOC(=O)C(C)CC)c1OCCCCCC. The lowest BCUT2D eigenvalue weighted by Gasteiger charge is -2.19. The molecule has 0 spiro atoms. The Balaban J connectivity index is 3.06. The highest BCUT2D eigenvalue weighted by Crippen LogP contribution is 2.41. The first-order chi connectivity index (χ1) is 16.9. The Morgan fingerprint density at radius 1 is 0.829 bits per heavy atom. The fourth-order valence-corrected chi connectivity index (χ4v) is 3.26. The van der Waals surface area contributed by atoms with E-state index >= 15 is 0 Å². The highest BCUT2D eigenvalue weighted by molar-refractivity contribution is 5.86. The summed E-state index contributed by atoms with van der Waals surface area (Å²) in [5, 5.41) is 9.11. The molecule has 7 nitrogen and oxygen atoms in total. The van der Waals surface area contributed by atoms with Crippen LogP contribution < -0.4 is 14.2 Å². The van der Waals surface area contributed by atoms with Crippen LogP contribution in [0.4, 0.5) is 0 Å². The van der Waals surface area contributed by atoms with Crippen LogP contribution in [0.3, 0.4) is 0 Å². The number of benzene rings is 1. The lowest BCUT2D eigenvalue weighted by molar-refractivity contribution is -0.148. The fraction of sp³-hybridized carbons (Fsp3) is 0.643. The first-order valence-corrected chi connectivity index (χ1v) is 13.1. The predicted octanol–water partition coefficient (Wildman–Crippen LogP) is 6.67. The van der Waals surface area contributed by atoms with Crippen molar-refractivity contribution in [3.8, 4) is 17.2 Å². The van der Waals surface area contributed by atoms with Crippen molar-refractivity contribution >= 4 is 18.0 Å². The fourth-order valence-electron chi connectivity index (χ4n) is 3.26. The smallest absolute Gasteiger partial charge is 0.328 e. The molecule has 0 aliphatic carbocycles. The van der Waals surface area contributed by atoms with E-state index in [-0.39, 0.29) is 25.1 Å². The van der Waals surface area contributed by atoms with Crippen LogP contribution >= 0.6 is 0 Å². The molecule has 7 heteroatoms. The number of carboxylic acid groups (broad SMARTS) is 1. The van der Waals surface area contributed by atoms with Gasteiger partial charge in [0.2, 0.25) is 5.75 Å². The molecule has 1 aromatic carbocycles.